The summed E-state index contributed by atoms with van der Waals surface area (Å²) in [5.41, 5.74) is 0.698. The van der Waals surface area contributed by atoms with Crippen LogP contribution in [0.2, 0.25) is 5.02 Å². The summed E-state index contributed by atoms with van der Waals surface area (Å²) in [6.45, 7) is 0. The maximum Gasteiger partial charge on any atom is 0.310 e. The van der Waals surface area contributed by atoms with Gasteiger partial charge in [-0.1, -0.05) is 27.5 Å². The Morgan fingerprint density at radius 1 is 1.47 bits per heavy atom. The maximum atomic E-state index is 11.1. The molecule has 5 heteroatoms. The lowest BCUT2D eigenvalue weighted by molar-refractivity contribution is -0.139. The van der Waals surface area contributed by atoms with Crippen LogP contribution in [0.15, 0.2) is 16.6 Å². The van der Waals surface area contributed by atoms with E-state index in [1.165, 1.54) is 14.2 Å². The van der Waals surface area contributed by atoms with Gasteiger partial charge in [0.15, 0.2) is 0 Å². The largest absolute Gasteiger partial charge is 0.495 e. The number of carbonyl (C=O) groups excluding carboxylic acids is 1. The van der Waals surface area contributed by atoms with E-state index in [2.05, 4.69) is 20.7 Å². The summed E-state index contributed by atoms with van der Waals surface area (Å²) in [7, 11) is 2.85. The number of benzene rings is 1. The zero-order valence-electron chi connectivity index (χ0n) is 8.34. The van der Waals surface area contributed by atoms with Gasteiger partial charge in [-0.2, -0.15) is 0 Å². The minimum Gasteiger partial charge on any atom is -0.495 e. The van der Waals surface area contributed by atoms with E-state index < -0.39 is 0 Å². The van der Waals surface area contributed by atoms with Crippen molar-refractivity contribution in [3.05, 3.63) is 27.2 Å². The van der Waals surface area contributed by atoms with Gasteiger partial charge >= 0.3 is 5.97 Å². The third-order valence-electron chi connectivity index (χ3n) is 1.85. The first-order valence-corrected chi connectivity index (χ1v) is 5.34. The fourth-order valence-corrected chi connectivity index (χ4v) is 2.15. The molecule has 0 aliphatic heterocycles. The Labute approximate surface area is 101 Å². The Kier molecular flexibility index (Phi) is 4.42. The Hall–Kier alpha value is -0.740. The van der Waals surface area contributed by atoms with Gasteiger partial charge in [-0.15, -0.1) is 0 Å². The van der Waals surface area contributed by atoms with Crippen LogP contribution < -0.4 is 4.74 Å². The molecule has 0 aliphatic rings. The van der Waals surface area contributed by atoms with Gasteiger partial charge < -0.3 is 9.47 Å². The van der Waals surface area contributed by atoms with Crippen LogP contribution >= 0.6 is 27.5 Å². The first-order valence-electron chi connectivity index (χ1n) is 4.17. The summed E-state index contributed by atoms with van der Waals surface area (Å²) in [5, 5.41) is 0.464. The monoisotopic (exact) mass is 292 g/mol. The summed E-state index contributed by atoms with van der Waals surface area (Å²) in [6.07, 6.45) is 0.138. The van der Waals surface area contributed by atoms with Crippen molar-refractivity contribution in [2.45, 2.75) is 6.42 Å². The van der Waals surface area contributed by atoms with E-state index in [-0.39, 0.29) is 12.4 Å². The third kappa shape index (κ3) is 3.11. The molecule has 0 saturated heterocycles. The van der Waals surface area contributed by atoms with Crippen molar-refractivity contribution in [3.63, 3.8) is 0 Å². The molecule has 0 bridgehead atoms. The molecule has 0 heterocycles. The molecule has 0 aromatic heterocycles. The number of hydrogen-bond donors (Lipinski definition) is 0. The Bertz CT molecular complexity index is 379. The summed E-state index contributed by atoms with van der Waals surface area (Å²) >= 11 is 9.25. The second-order valence-corrected chi connectivity index (χ2v) is 4.16. The normalized spacial score (nSPS) is 9.87. The van der Waals surface area contributed by atoms with Gasteiger partial charge in [0.05, 0.1) is 25.7 Å². The summed E-state index contributed by atoms with van der Waals surface area (Å²) < 4.78 is 10.5. The van der Waals surface area contributed by atoms with Gasteiger partial charge in [0.1, 0.15) is 5.75 Å². The quantitative estimate of drug-likeness (QED) is 0.804. The van der Waals surface area contributed by atoms with Crippen molar-refractivity contribution in [3.8, 4) is 5.75 Å². The lowest BCUT2D eigenvalue weighted by atomic mass is 10.1. The van der Waals surface area contributed by atoms with E-state index in [0.29, 0.717) is 16.3 Å². The average Bonchev–Trinajstić information content (AvgIpc) is 2.17. The summed E-state index contributed by atoms with van der Waals surface area (Å²) in [6, 6.07) is 3.49. The second-order valence-electron chi connectivity index (χ2n) is 2.83. The van der Waals surface area contributed by atoms with Crippen LogP contribution in [0.3, 0.4) is 0 Å². The standard InChI is InChI=1S/C10H10BrClO3/c1-14-9(13)4-6-3-7(11)5-8(12)10(6)15-2/h3,5H,4H2,1-2H3. The molecule has 0 fully saturated rings. The van der Waals surface area contributed by atoms with Gasteiger partial charge in [-0.25, -0.2) is 0 Å². The summed E-state index contributed by atoms with van der Waals surface area (Å²) in [4.78, 5) is 11.1. The molecule has 15 heavy (non-hydrogen) atoms. The Morgan fingerprint density at radius 2 is 2.13 bits per heavy atom. The van der Waals surface area contributed by atoms with Crippen molar-refractivity contribution in [1.82, 2.24) is 0 Å². The zero-order chi connectivity index (χ0) is 11.4. The Balaban J connectivity index is 3.09. The molecular formula is C10H10BrClO3. The number of hydrogen-bond acceptors (Lipinski definition) is 3. The predicted molar refractivity (Wildman–Crippen MR) is 61.4 cm³/mol. The highest BCUT2D eigenvalue weighted by atomic mass is 79.9. The van der Waals surface area contributed by atoms with Crippen LogP contribution in [0, 0.1) is 0 Å². The van der Waals surface area contributed by atoms with Crippen LogP contribution in [-0.2, 0) is 16.0 Å². The van der Waals surface area contributed by atoms with Crippen LogP contribution in [-0.4, -0.2) is 20.2 Å². The van der Waals surface area contributed by atoms with Crippen molar-refractivity contribution in [1.29, 1.82) is 0 Å². The lowest BCUT2D eigenvalue weighted by Gasteiger charge is -2.10. The van der Waals surface area contributed by atoms with E-state index in [0.717, 1.165) is 4.47 Å². The molecule has 0 spiro atoms. The molecule has 0 radical (unpaired) electrons. The van der Waals surface area contributed by atoms with Gasteiger partial charge in [0.2, 0.25) is 0 Å². The van der Waals surface area contributed by atoms with Gasteiger partial charge in [0, 0.05) is 10.0 Å². The smallest absolute Gasteiger partial charge is 0.310 e. The van der Waals surface area contributed by atoms with Gasteiger partial charge in [0.25, 0.3) is 0 Å². The molecular weight excluding hydrogens is 283 g/mol. The van der Waals surface area contributed by atoms with Gasteiger partial charge in [-0.05, 0) is 12.1 Å². The lowest BCUT2D eigenvalue weighted by Crippen LogP contribution is -2.06. The van der Waals surface area contributed by atoms with E-state index >= 15 is 0 Å². The molecule has 1 aromatic rings. The van der Waals surface area contributed by atoms with Crippen molar-refractivity contribution in [2.75, 3.05) is 14.2 Å². The van der Waals surface area contributed by atoms with Crippen molar-refractivity contribution in [2.24, 2.45) is 0 Å². The van der Waals surface area contributed by atoms with Crippen molar-refractivity contribution < 1.29 is 14.3 Å². The van der Waals surface area contributed by atoms with Gasteiger partial charge in [-0.3, -0.25) is 4.79 Å². The molecule has 1 rings (SSSR count). The molecule has 0 N–H and O–H groups in total. The molecule has 0 amide bonds. The average molecular weight is 294 g/mol. The van der Waals surface area contributed by atoms with E-state index in [1.54, 1.807) is 12.1 Å². The first-order chi connectivity index (χ1) is 7.08. The number of esters is 1. The van der Waals surface area contributed by atoms with Crippen LogP contribution in [0.1, 0.15) is 5.56 Å². The van der Waals surface area contributed by atoms with Crippen molar-refractivity contribution >= 4 is 33.5 Å². The van der Waals surface area contributed by atoms with E-state index in [1.807, 2.05) is 0 Å². The number of halogens is 2. The van der Waals surface area contributed by atoms with E-state index in [9.17, 15) is 4.79 Å². The molecule has 0 aliphatic carbocycles. The Morgan fingerprint density at radius 3 is 2.67 bits per heavy atom. The minimum atomic E-state index is -0.331. The number of carbonyl (C=O) groups is 1. The van der Waals surface area contributed by atoms with Crippen LogP contribution in [0.25, 0.3) is 0 Å². The van der Waals surface area contributed by atoms with Crippen LogP contribution in [0.5, 0.6) is 5.75 Å². The molecule has 82 valence electrons. The molecule has 0 unspecified atom stereocenters. The molecule has 0 saturated carbocycles. The number of ether oxygens (including phenoxy) is 2. The fourth-order valence-electron chi connectivity index (χ4n) is 1.20. The number of methoxy groups -OCH3 is 2. The predicted octanol–water partition coefficient (Wildman–Crippen LogP) is 2.83. The fraction of sp³-hybridized carbons (Fsp3) is 0.300. The molecule has 0 atom stereocenters. The van der Waals surface area contributed by atoms with E-state index in [4.69, 9.17) is 16.3 Å². The first kappa shape index (κ1) is 12.3. The maximum absolute atomic E-state index is 11.1. The SMILES string of the molecule is COC(=O)Cc1cc(Br)cc(Cl)c1OC. The highest BCUT2D eigenvalue weighted by molar-refractivity contribution is 9.10. The third-order valence-corrected chi connectivity index (χ3v) is 2.59. The number of rotatable bonds is 3. The molecule has 3 nitrogen and oxygen atoms in total. The topological polar surface area (TPSA) is 35.5 Å². The second kappa shape index (κ2) is 5.37. The summed E-state index contributed by atoms with van der Waals surface area (Å²) in [5.74, 6) is 0.174. The molecule has 1 aromatic carbocycles. The highest BCUT2D eigenvalue weighted by Crippen LogP contribution is 2.32. The highest BCUT2D eigenvalue weighted by Gasteiger charge is 2.13. The minimum absolute atomic E-state index is 0.138. The van der Waals surface area contributed by atoms with Crippen LogP contribution in [0.4, 0.5) is 0 Å². The zero-order valence-corrected chi connectivity index (χ0v) is 10.7.